The molecule has 2 rings (SSSR count). The topological polar surface area (TPSA) is 88.1 Å². The van der Waals surface area contributed by atoms with Gasteiger partial charge in [0.1, 0.15) is 0 Å². The minimum atomic E-state index is -1.02. The molecule has 2 heterocycles. The predicted molar refractivity (Wildman–Crippen MR) is 52.0 cm³/mol. The van der Waals surface area contributed by atoms with Gasteiger partial charge >= 0.3 is 5.97 Å². The van der Waals surface area contributed by atoms with Gasteiger partial charge in [0.2, 0.25) is 0 Å². The zero-order chi connectivity index (χ0) is 10.8. The highest BCUT2D eigenvalue weighted by Gasteiger charge is 2.08. The van der Waals surface area contributed by atoms with E-state index in [0.717, 1.165) is 0 Å². The normalized spacial score (nSPS) is 10.5. The molecular formula is C9H9N3O3. The zero-order valence-electron chi connectivity index (χ0n) is 8.02. The van der Waals surface area contributed by atoms with Crippen LogP contribution in [0.25, 0.3) is 11.2 Å². The van der Waals surface area contributed by atoms with Crippen LogP contribution in [0.1, 0.15) is 17.3 Å². The summed E-state index contributed by atoms with van der Waals surface area (Å²) >= 11 is 0. The Morgan fingerprint density at radius 2 is 2.47 bits per heavy atom. The highest BCUT2D eigenvalue weighted by Crippen LogP contribution is 2.14. The summed E-state index contributed by atoms with van der Waals surface area (Å²) in [5, 5.41) is 8.75. The van der Waals surface area contributed by atoms with Crippen LogP contribution >= 0.6 is 0 Å². The van der Waals surface area contributed by atoms with Gasteiger partial charge < -0.3 is 14.8 Å². The van der Waals surface area contributed by atoms with Crippen LogP contribution in [-0.2, 0) is 0 Å². The minimum absolute atomic E-state index is 0.120. The number of aromatic nitrogens is 3. The lowest BCUT2D eigenvalue weighted by molar-refractivity contribution is 0.0696. The average Bonchev–Trinajstić information content (AvgIpc) is 2.59. The summed E-state index contributed by atoms with van der Waals surface area (Å²) in [6.45, 7) is 2.33. The third kappa shape index (κ3) is 1.74. The van der Waals surface area contributed by atoms with Crippen molar-refractivity contribution in [2.24, 2.45) is 0 Å². The lowest BCUT2D eigenvalue weighted by Crippen LogP contribution is -1.96. The molecule has 78 valence electrons. The number of aromatic carboxylic acids is 1. The Morgan fingerprint density at radius 1 is 1.67 bits per heavy atom. The van der Waals surface area contributed by atoms with Crippen LogP contribution in [0.15, 0.2) is 12.3 Å². The second-order valence-corrected chi connectivity index (χ2v) is 2.88. The molecule has 0 spiro atoms. The monoisotopic (exact) mass is 207 g/mol. The quantitative estimate of drug-likeness (QED) is 0.785. The van der Waals surface area contributed by atoms with Crippen LogP contribution in [-0.4, -0.2) is 32.6 Å². The van der Waals surface area contributed by atoms with Gasteiger partial charge in [-0.15, -0.1) is 0 Å². The van der Waals surface area contributed by atoms with E-state index in [1.165, 1.54) is 12.3 Å². The first-order valence-corrected chi connectivity index (χ1v) is 4.42. The van der Waals surface area contributed by atoms with Crippen molar-refractivity contribution in [2.45, 2.75) is 6.92 Å². The molecule has 0 aromatic carbocycles. The summed E-state index contributed by atoms with van der Waals surface area (Å²) in [5.41, 5.74) is 1.12. The molecule has 6 nitrogen and oxygen atoms in total. The van der Waals surface area contributed by atoms with E-state index in [2.05, 4.69) is 15.0 Å². The van der Waals surface area contributed by atoms with Gasteiger partial charge in [0.15, 0.2) is 5.65 Å². The maximum absolute atomic E-state index is 10.7. The molecule has 0 bridgehead atoms. The van der Waals surface area contributed by atoms with Gasteiger partial charge in [-0.05, 0) is 13.0 Å². The van der Waals surface area contributed by atoms with E-state index in [0.29, 0.717) is 23.8 Å². The number of aromatic amines is 1. The maximum Gasteiger partial charge on any atom is 0.337 e. The van der Waals surface area contributed by atoms with Gasteiger partial charge in [-0.1, -0.05) is 0 Å². The fourth-order valence-electron chi connectivity index (χ4n) is 1.20. The van der Waals surface area contributed by atoms with Crippen LogP contribution in [0, 0.1) is 0 Å². The SMILES string of the molecule is CCOc1nc2ncc(C(=O)O)cc2[nH]1. The van der Waals surface area contributed by atoms with Crippen LogP contribution in [0.4, 0.5) is 0 Å². The summed E-state index contributed by atoms with van der Waals surface area (Å²) < 4.78 is 5.14. The van der Waals surface area contributed by atoms with Gasteiger partial charge in [-0.3, -0.25) is 0 Å². The van der Waals surface area contributed by atoms with E-state index >= 15 is 0 Å². The number of carboxylic acid groups (broad SMARTS) is 1. The lowest BCUT2D eigenvalue weighted by atomic mass is 10.3. The molecule has 0 aliphatic heterocycles. The van der Waals surface area contributed by atoms with E-state index in [1.54, 1.807) is 0 Å². The molecule has 0 saturated heterocycles. The molecular weight excluding hydrogens is 198 g/mol. The summed E-state index contributed by atoms with van der Waals surface area (Å²) in [6.07, 6.45) is 1.27. The fourth-order valence-corrected chi connectivity index (χ4v) is 1.20. The number of nitrogens with zero attached hydrogens (tertiary/aromatic N) is 2. The van der Waals surface area contributed by atoms with Crippen LogP contribution < -0.4 is 4.74 Å². The van der Waals surface area contributed by atoms with Crippen molar-refractivity contribution in [3.05, 3.63) is 17.8 Å². The van der Waals surface area contributed by atoms with Gasteiger partial charge in [0.05, 0.1) is 17.7 Å². The molecule has 6 heteroatoms. The van der Waals surface area contributed by atoms with E-state index < -0.39 is 5.97 Å². The Bertz CT molecular complexity index is 506. The molecule has 2 aromatic rings. The van der Waals surface area contributed by atoms with E-state index in [1.807, 2.05) is 6.92 Å². The first-order chi connectivity index (χ1) is 7.20. The molecule has 2 aromatic heterocycles. The Morgan fingerprint density at radius 3 is 3.13 bits per heavy atom. The average molecular weight is 207 g/mol. The minimum Gasteiger partial charge on any atom is -0.478 e. The lowest BCUT2D eigenvalue weighted by Gasteiger charge is -1.93. The number of pyridine rings is 1. The molecule has 0 unspecified atom stereocenters. The van der Waals surface area contributed by atoms with Crippen molar-refractivity contribution in [3.63, 3.8) is 0 Å². The van der Waals surface area contributed by atoms with Crippen LogP contribution in [0.2, 0.25) is 0 Å². The third-order valence-corrected chi connectivity index (χ3v) is 1.84. The number of nitrogens with one attached hydrogen (secondary N) is 1. The number of hydrogen-bond donors (Lipinski definition) is 2. The Labute approximate surface area is 84.9 Å². The largest absolute Gasteiger partial charge is 0.478 e. The number of rotatable bonds is 3. The number of imidazole rings is 1. The molecule has 15 heavy (non-hydrogen) atoms. The number of fused-ring (bicyclic) bond motifs is 1. The molecule has 0 radical (unpaired) electrons. The number of H-pyrrole nitrogens is 1. The van der Waals surface area contributed by atoms with Gasteiger partial charge in [0, 0.05) is 6.20 Å². The molecule has 0 atom stereocenters. The molecule has 0 fully saturated rings. The number of hydrogen-bond acceptors (Lipinski definition) is 4. The van der Waals surface area contributed by atoms with Crippen molar-refractivity contribution in [2.75, 3.05) is 6.61 Å². The maximum atomic E-state index is 10.7. The first kappa shape index (κ1) is 9.45. The zero-order valence-corrected chi connectivity index (χ0v) is 8.02. The number of carbonyl (C=O) groups is 1. The Hall–Kier alpha value is -2.11. The predicted octanol–water partition coefficient (Wildman–Crippen LogP) is 1.05. The summed E-state index contributed by atoms with van der Waals surface area (Å²) in [4.78, 5) is 21.4. The molecule has 0 aliphatic carbocycles. The van der Waals surface area contributed by atoms with Crippen molar-refractivity contribution in [3.8, 4) is 6.01 Å². The number of carboxylic acids is 1. The van der Waals surface area contributed by atoms with Crippen molar-refractivity contribution in [1.82, 2.24) is 15.0 Å². The van der Waals surface area contributed by atoms with E-state index in [-0.39, 0.29) is 5.56 Å². The molecule has 2 N–H and O–H groups in total. The van der Waals surface area contributed by atoms with Crippen molar-refractivity contribution >= 4 is 17.1 Å². The van der Waals surface area contributed by atoms with Gasteiger partial charge in [-0.2, -0.15) is 4.98 Å². The highest BCUT2D eigenvalue weighted by atomic mass is 16.5. The van der Waals surface area contributed by atoms with E-state index in [9.17, 15) is 4.79 Å². The van der Waals surface area contributed by atoms with Crippen molar-refractivity contribution < 1.29 is 14.6 Å². The first-order valence-electron chi connectivity index (χ1n) is 4.42. The third-order valence-electron chi connectivity index (χ3n) is 1.84. The number of ether oxygens (including phenoxy) is 1. The summed E-state index contributed by atoms with van der Waals surface area (Å²) in [7, 11) is 0. The van der Waals surface area contributed by atoms with Gasteiger partial charge in [0.25, 0.3) is 6.01 Å². The smallest absolute Gasteiger partial charge is 0.337 e. The Balaban J connectivity index is 2.47. The summed E-state index contributed by atoms with van der Waals surface area (Å²) in [6, 6.07) is 1.82. The Kier molecular flexibility index (Phi) is 2.24. The standard InChI is InChI=1S/C9H9N3O3/c1-2-15-9-11-6-3-5(8(13)14)4-10-7(6)12-9/h3-4H,2H2,1H3,(H,13,14)(H,10,11,12). The molecule has 0 aliphatic rings. The van der Waals surface area contributed by atoms with Crippen LogP contribution in [0.3, 0.4) is 0 Å². The summed E-state index contributed by atoms with van der Waals surface area (Å²) in [5.74, 6) is -1.02. The second-order valence-electron chi connectivity index (χ2n) is 2.88. The van der Waals surface area contributed by atoms with Gasteiger partial charge in [-0.25, -0.2) is 9.78 Å². The highest BCUT2D eigenvalue weighted by molar-refractivity contribution is 5.90. The van der Waals surface area contributed by atoms with Crippen molar-refractivity contribution in [1.29, 1.82) is 0 Å². The van der Waals surface area contributed by atoms with Crippen LogP contribution in [0.5, 0.6) is 6.01 Å². The molecule has 0 saturated carbocycles. The second kappa shape index (κ2) is 3.56. The van der Waals surface area contributed by atoms with E-state index in [4.69, 9.17) is 9.84 Å². The fraction of sp³-hybridized carbons (Fsp3) is 0.222. The molecule has 0 amide bonds.